The number of hydrogen-bond donors (Lipinski definition) is 1. The smallest absolute Gasteiger partial charge is 0.292 e. The van der Waals surface area contributed by atoms with E-state index < -0.39 is 0 Å². The summed E-state index contributed by atoms with van der Waals surface area (Å²) in [5.74, 6) is 0.621. The first-order valence-electron chi connectivity index (χ1n) is 6.43. The lowest BCUT2D eigenvalue weighted by atomic mass is 9.92. The average molecular weight is 328 g/mol. The van der Waals surface area contributed by atoms with Gasteiger partial charge in [-0.3, -0.25) is 10.1 Å². The van der Waals surface area contributed by atoms with Gasteiger partial charge < -0.3 is 10.6 Å². The third kappa shape index (κ3) is 3.06. The van der Waals surface area contributed by atoms with Gasteiger partial charge in [0.05, 0.1) is 4.92 Å². The van der Waals surface area contributed by atoms with E-state index >= 15 is 0 Å². The van der Waals surface area contributed by atoms with Crippen molar-refractivity contribution < 1.29 is 4.92 Å². The molecule has 0 saturated carbocycles. The molecule has 1 heterocycles. The maximum Gasteiger partial charge on any atom is 0.292 e. The number of piperidine rings is 1. The number of benzene rings is 1. The molecule has 6 heteroatoms. The molecule has 0 spiro atoms. The van der Waals surface area contributed by atoms with Gasteiger partial charge in [0.15, 0.2) is 0 Å². The zero-order valence-electron chi connectivity index (χ0n) is 10.9. The Morgan fingerprint density at radius 2 is 2.32 bits per heavy atom. The van der Waals surface area contributed by atoms with Crippen LogP contribution in [0.2, 0.25) is 0 Å². The summed E-state index contributed by atoms with van der Waals surface area (Å²) < 4.78 is 0.850. The third-order valence-electron chi connectivity index (χ3n) is 3.69. The molecule has 1 aliphatic rings. The molecule has 1 aromatic carbocycles. The largest absolute Gasteiger partial charge is 0.362 e. The lowest BCUT2D eigenvalue weighted by Crippen LogP contribution is -2.46. The van der Waals surface area contributed by atoms with E-state index in [2.05, 4.69) is 27.8 Å². The molecule has 2 N–H and O–H groups in total. The fourth-order valence-corrected chi connectivity index (χ4v) is 3.02. The number of anilines is 1. The van der Waals surface area contributed by atoms with Gasteiger partial charge in [-0.05, 0) is 30.9 Å². The van der Waals surface area contributed by atoms with Gasteiger partial charge in [0.25, 0.3) is 5.69 Å². The van der Waals surface area contributed by atoms with E-state index in [1.54, 1.807) is 12.1 Å². The molecule has 5 nitrogen and oxygen atoms in total. The maximum atomic E-state index is 11.2. The molecular formula is C13H18BrN3O2. The monoisotopic (exact) mass is 327 g/mol. The van der Waals surface area contributed by atoms with Crippen molar-refractivity contribution in [1.29, 1.82) is 0 Å². The summed E-state index contributed by atoms with van der Waals surface area (Å²) >= 11 is 3.39. The highest BCUT2D eigenvalue weighted by Gasteiger charge is 2.29. The quantitative estimate of drug-likeness (QED) is 0.684. The van der Waals surface area contributed by atoms with E-state index in [0.717, 1.165) is 23.9 Å². The normalized spacial score (nSPS) is 23.4. The molecule has 1 fully saturated rings. The van der Waals surface area contributed by atoms with Crippen molar-refractivity contribution in [2.45, 2.75) is 25.8 Å². The second-order valence-electron chi connectivity index (χ2n) is 5.10. The highest BCUT2D eigenvalue weighted by Crippen LogP contribution is 2.36. The molecule has 0 aliphatic carbocycles. The Morgan fingerprint density at radius 3 is 2.95 bits per heavy atom. The fraction of sp³-hybridized carbons (Fsp3) is 0.538. The standard InChI is InChI=1S/C13H18BrN3O2/c1-9-4-5-16(11(6-9)8-15)13-7-10(14)2-3-12(13)17(18)19/h2-3,7,9,11H,4-6,8,15H2,1H3. The zero-order valence-corrected chi connectivity index (χ0v) is 12.5. The van der Waals surface area contributed by atoms with Crippen molar-refractivity contribution in [2.24, 2.45) is 11.7 Å². The van der Waals surface area contributed by atoms with Crippen LogP contribution in [0, 0.1) is 16.0 Å². The third-order valence-corrected chi connectivity index (χ3v) is 4.19. The molecular weight excluding hydrogens is 310 g/mol. The lowest BCUT2D eigenvalue weighted by Gasteiger charge is -2.39. The molecule has 1 saturated heterocycles. The maximum absolute atomic E-state index is 11.2. The van der Waals surface area contributed by atoms with E-state index in [9.17, 15) is 10.1 Å². The minimum absolute atomic E-state index is 0.149. The van der Waals surface area contributed by atoms with E-state index in [1.165, 1.54) is 0 Å². The molecule has 0 aromatic heterocycles. The molecule has 0 amide bonds. The van der Waals surface area contributed by atoms with Crippen LogP contribution in [0.25, 0.3) is 0 Å². The Hall–Kier alpha value is -1.14. The van der Waals surface area contributed by atoms with Gasteiger partial charge in [0.1, 0.15) is 5.69 Å². The Morgan fingerprint density at radius 1 is 1.58 bits per heavy atom. The van der Waals surface area contributed by atoms with Crippen LogP contribution in [-0.4, -0.2) is 24.1 Å². The Balaban J connectivity index is 2.39. The number of nitrogens with zero attached hydrogens (tertiary/aromatic N) is 2. The first kappa shape index (κ1) is 14.3. The molecule has 19 heavy (non-hydrogen) atoms. The molecule has 104 valence electrons. The second-order valence-corrected chi connectivity index (χ2v) is 6.02. The van der Waals surface area contributed by atoms with Crippen molar-refractivity contribution in [3.05, 3.63) is 32.8 Å². The van der Waals surface area contributed by atoms with Gasteiger partial charge in [-0.15, -0.1) is 0 Å². The lowest BCUT2D eigenvalue weighted by molar-refractivity contribution is -0.384. The second kappa shape index (κ2) is 5.88. The van der Waals surface area contributed by atoms with E-state index in [1.807, 2.05) is 6.07 Å². The van der Waals surface area contributed by atoms with Crippen molar-refractivity contribution in [3.8, 4) is 0 Å². The fourth-order valence-electron chi connectivity index (χ4n) is 2.67. The van der Waals surface area contributed by atoms with Gasteiger partial charge in [-0.2, -0.15) is 0 Å². The molecule has 0 radical (unpaired) electrons. The van der Waals surface area contributed by atoms with E-state index in [0.29, 0.717) is 18.2 Å². The summed E-state index contributed by atoms with van der Waals surface area (Å²) in [5.41, 5.74) is 6.65. The number of nitro groups is 1. The molecule has 0 bridgehead atoms. The van der Waals surface area contributed by atoms with Crippen molar-refractivity contribution in [1.82, 2.24) is 0 Å². The summed E-state index contributed by atoms with van der Waals surface area (Å²) in [6.07, 6.45) is 2.03. The predicted molar refractivity (Wildman–Crippen MR) is 79.4 cm³/mol. The van der Waals surface area contributed by atoms with Crippen molar-refractivity contribution in [3.63, 3.8) is 0 Å². The molecule has 2 unspecified atom stereocenters. The predicted octanol–water partition coefficient (Wildman–Crippen LogP) is 2.92. The van der Waals surface area contributed by atoms with Gasteiger partial charge in [0, 0.05) is 29.7 Å². The zero-order chi connectivity index (χ0) is 14.0. The highest BCUT2D eigenvalue weighted by atomic mass is 79.9. The first-order valence-corrected chi connectivity index (χ1v) is 7.23. The van der Waals surface area contributed by atoms with Crippen LogP contribution >= 0.6 is 15.9 Å². The molecule has 1 aliphatic heterocycles. The topological polar surface area (TPSA) is 72.4 Å². The van der Waals surface area contributed by atoms with Crippen LogP contribution in [0.15, 0.2) is 22.7 Å². The summed E-state index contributed by atoms with van der Waals surface area (Å²) in [5, 5.41) is 11.2. The Bertz CT molecular complexity index is 481. The first-order chi connectivity index (χ1) is 9.02. The number of nitrogens with two attached hydrogens (primary N) is 1. The van der Waals surface area contributed by atoms with Crippen LogP contribution in [0.3, 0.4) is 0 Å². The van der Waals surface area contributed by atoms with Gasteiger partial charge in [0.2, 0.25) is 0 Å². The van der Waals surface area contributed by atoms with E-state index in [4.69, 9.17) is 5.73 Å². The molecule has 1 aromatic rings. The minimum Gasteiger partial charge on any atom is -0.362 e. The number of rotatable bonds is 3. The number of nitro benzene ring substituents is 1. The summed E-state index contributed by atoms with van der Waals surface area (Å²) in [7, 11) is 0. The minimum atomic E-state index is -0.326. The van der Waals surface area contributed by atoms with Crippen molar-refractivity contribution >= 4 is 27.3 Å². The van der Waals surface area contributed by atoms with Crippen LogP contribution in [0.5, 0.6) is 0 Å². The summed E-state index contributed by atoms with van der Waals surface area (Å²) in [6.45, 7) is 3.55. The van der Waals surface area contributed by atoms with Crippen LogP contribution < -0.4 is 10.6 Å². The molecule has 2 atom stereocenters. The van der Waals surface area contributed by atoms with Gasteiger partial charge in [-0.25, -0.2) is 0 Å². The average Bonchev–Trinajstić information content (AvgIpc) is 2.38. The van der Waals surface area contributed by atoms with Crippen LogP contribution in [0.4, 0.5) is 11.4 Å². The summed E-state index contributed by atoms with van der Waals surface area (Å²) in [4.78, 5) is 12.9. The number of hydrogen-bond acceptors (Lipinski definition) is 4. The Labute approximate surface area is 121 Å². The highest BCUT2D eigenvalue weighted by molar-refractivity contribution is 9.10. The van der Waals surface area contributed by atoms with Crippen LogP contribution in [-0.2, 0) is 0 Å². The van der Waals surface area contributed by atoms with Gasteiger partial charge >= 0.3 is 0 Å². The van der Waals surface area contributed by atoms with Crippen LogP contribution in [0.1, 0.15) is 19.8 Å². The Kier molecular flexibility index (Phi) is 4.42. The molecule has 2 rings (SSSR count). The SMILES string of the molecule is CC1CCN(c2cc(Br)ccc2[N+](=O)[O-])C(CN)C1. The number of halogens is 1. The van der Waals surface area contributed by atoms with E-state index in [-0.39, 0.29) is 16.7 Å². The van der Waals surface area contributed by atoms with Crippen molar-refractivity contribution in [2.75, 3.05) is 18.0 Å². The van der Waals surface area contributed by atoms with Gasteiger partial charge in [-0.1, -0.05) is 22.9 Å². The summed E-state index contributed by atoms with van der Waals surface area (Å²) in [6, 6.07) is 5.24.